The van der Waals surface area contributed by atoms with Gasteiger partial charge in [-0.05, 0) is 19.4 Å². The summed E-state index contributed by atoms with van der Waals surface area (Å²) in [4.78, 5) is 0. The van der Waals surface area contributed by atoms with Crippen LogP contribution in [0.15, 0.2) is 29.0 Å². The molecule has 0 saturated heterocycles. The van der Waals surface area contributed by atoms with Gasteiger partial charge in [0.1, 0.15) is 6.17 Å². The number of hydrogen-bond acceptors (Lipinski definition) is 3. The molecule has 0 bridgehead atoms. The second kappa shape index (κ2) is 5.49. The molecular formula is C8H16N4. The quantitative estimate of drug-likeness (QED) is 0.290. The molecule has 0 saturated carbocycles. The number of nitrogens with one attached hydrogen (secondary N) is 1. The van der Waals surface area contributed by atoms with E-state index in [4.69, 9.17) is 11.3 Å². The topological polar surface area (TPSA) is 65.5 Å². The summed E-state index contributed by atoms with van der Waals surface area (Å²) in [6, 6.07) is 0. The van der Waals surface area contributed by atoms with Crippen LogP contribution in [-0.4, -0.2) is 18.2 Å². The van der Waals surface area contributed by atoms with Gasteiger partial charge >= 0.3 is 0 Å². The Morgan fingerprint density at radius 3 is 2.50 bits per heavy atom. The van der Waals surface area contributed by atoms with Crippen molar-refractivity contribution in [3.63, 3.8) is 0 Å². The molecule has 3 N–H and O–H groups in total. The summed E-state index contributed by atoms with van der Waals surface area (Å²) in [5.41, 5.74) is 13.5. The van der Waals surface area contributed by atoms with E-state index in [1.165, 1.54) is 5.01 Å². The van der Waals surface area contributed by atoms with Crippen LogP contribution < -0.4 is 5.73 Å². The van der Waals surface area contributed by atoms with Crippen LogP contribution in [0.2, 0.25) is 0 Å². The van der Waals surface area contributed by atoms with Crippen LogP contribution in [0.25, 0.3) is 0 Å². The van der Waals surface area contributed by atoms with Crippen LogP contribution in [0, 0.1) is 5.53 Å². The van der Waals surface area contributed by atoms with Gasteiger partial charge in [-0.15, -0.1) is 0 Å². The van der Waals surface area contributed by atoms with Crippen molar-refractivity contribution in [3.8, 4) is 0 Å². The molecule has 0 radical (unpaired) electrons. The minimum absolute atomic E-state index is 0.330. The van der Waals surface area contributed by atoms with Crippen molar-refractivity contribution in [1.82, 2.24) is 5.01 Å². The van der Waals surface area contributed by atoms with E-state index >= 15 is 0 Å². The molecule has 0 rings (SSSR count). The zero-order valence-corrected chi connectivity index (χ0v) is 7.78. The summed E-state index contributed by atoms with van der Waals surface area (Å²) >= 11 is 0. The number of nitrogens with two attached hydrogens (primary N) is 1. The lowest BCUT2D eigenvalue weighted by molar-refractivity contribution is 0.266. The van der Waals surface area contributed by atoms with Crippen molar-refractivity contribution in [2.75, 3.05) is 7.05 Å². The highest BCUT2D eigenvalue weighted by atomic mass is 15.5. The predicted octanol–water partition coefficient (Wildman–Crippen LogP) is 1.67. The number of allylic oxidation sites excluding steroid dienone is 2. The molecule has 12 heavy (non-hydrogen) atoms. The zero-order chi connectivity index (χ0) is 9.56. The highest BCUT2D eigenvalue weighted by Crippen LogP contribution is 2.05. The second-order valence-corrected chi connectivity index (χ2v) is 2.41. The minimum atomic E-state index is -0.330. The van der Waals surface area contributed by atoms with Crippen molar-refractivity contribution < 1.29 is 0 Å². The molecular weight excluding hydrogens is 152 g/mol. The molecule has 68 valence electrons. The zero-order valence-electron chi connectivity index (χ0n) is 7.78. The van der Waals surface area contributed by atoms with Crippen molar-refractivity contribution >= 4 is 0 Å². The Balaban J connectivity index is 4.42. The Hall–Kier alpha value is -1.16. The predicted molar refractivity (Wildman–Crippen MR) is 49.5 cm³/mol. The highest BCUT2D eigenvalue weighted by Gasteiger charge is 2.09. The van der Waals surface area contributed by atoms with E-state index in [1.54, 1.807) is 7.05 Å². The first kappa shape index (κ1) is 10.8. The van der Waals surface area contributed by atoms with Gasteiger partial charge in [-0.1, -0.05) is 23.5 Å². The molecule has 0 aliphatic heterocycles. The summed E-state index contributed by atoms with van der Waals surface area (Å²) in [5, 5.41) is 4.62. The van der Waals surface area contributed by atoms with Crippen LogP contribution >= 0.6 is 0 Å². The summed E-state index contributed by atoms with van der Waals surface area (Å²) in [7, 11) is 1.67. The van der Waals surface area contributed by atoms with E-state index < -0.39 is 0 Å². The van der Waals surface area contributed by atoms with Crippen LogP contribution in [0.3, 0.4) is 0 Å². The molecule has 0 aromatic heterocycles. The molecule has 0 spiro atoms. The van der Waals surface area contributed by atoms with Crippen LogP contribution in [0.1, 0.15) is 13.8 Å². The van der Waals surface area contributed by atoms with Crippen LogP contribution in [0.5, 0.6) is 0 Å². The molecule has 1 atom stereocenters. The van der Waals surface area contributed by atoms with Crippen molar-refractivity contribution in [2.45, 2.75) is 20.0 Å². The Kier molecular flexibility index (Phi) is 4.96. The number of rotatable bonds is 4. The van der Waals surface area contributed by atoms with Gasteiger partial charge in [0.15, 0.2) is 0 Å². The summed E-state index contributed by atoms with van der Waals surface area (Å²) in [5.74, 6) is 0. The molecule has 0 aliphatic rings. The van der Waals surface area contributed by atoms with Gasteiger partial charge < -0.3 is 5.73 Å². The van der Waals surface area contributed by atoms with Crippen molar-refractivity contribution in [2.24, 2.45) is 11.0 Å². The van der Waals surface area contributed by atoms with E-state index in [2.05, 4.69) is 5.22 Å². The first-order valence-corrected chi connectivity index (χ1v) is 3.82. The van der Waals surface area contributed by atoms with E-state index in [0.717, 1.165) is 5.57 Å². The van der Waals surface area contributed by atoms with Gasteiger partial charge in [0.05, 0.1) is 0 Å². The third-order valence-electron chi connectivity index (χ3n) is 1.59. The molecule has 0 aliphatic carbocycles. The average Bonchev–Trinajstić information content (AvgIpc) is 2.11. The Bertz CT molecular complexity index is 195. The largest absolute Gasteiger partial charge is 0.306 e. The average molecular weight is 168 g/mol. The molecule has 0 fully saturated rings. The highest BCUT2D eigenvalue weighted by molar-refractivity contribution is 5.22. The first-order chi connectivity index (χ1) is 5.67. The molecule has 4 heteroatoms. The maximum Gasteiger partial charge on any atom is 0.121 e. The first-order valence-electron chi connectivity index (χ1n) is 3.82. The lowest BCUT2D eigenvalue weighted by Gasteiger charge is -2.20. The van der Waals surface area contributed by atoms with Crippen LogP contribution in [0.4, 0.5) is 0 Å². The number of likely N-dealkylation sites (N-methyl/N-ethyl adjacent to an activating group) is 1. The fourth-order valence-electron chi connectivity index (χ4n) is 0.836. The third-order valence-corrected chi connectivity index (χ3v) is 1.59. The monoisotopic (exact) mass is 168 g/mol. The molecule has 1 unspecified atom stereocenters. The smallest absolute Gasteiger partial charge is 0.121 e. The maximum atomic E-state index is 6.76. The lowest BCUT2D eigenvalue weighted by Crippen LogP contribution is -2.36. The Morgan fingerprint density at radius 2 is 2.17 bits per heavy atom. The minimum Gasteiger partial charge on any atom is -0.306 e. The van der Waals surface area contributed by atoms with E-state index in [0.29, 0.717) is 0 Å². The normalized spacial score (nSPS) is 14.8. The summed E-state index contributed by atoms with van der Waals surface area (Å²) in [6.45, 7) is 3.83. The second-order valence-electron chi connectivity index (χ2n) is 2.41. The van der Waals surface area contributed by atoms with E-state index in [9.17, 15) is 0 Å². The standard InChI is InChI=1S/C8H16N4/c1-4-6-7(5-2)8(9)12(3)11-10/h4-6,8,10H,9H2,1-3H3/b6-4-,7-5+,11-10?. The SMILES string of the molecule is C/C=C\C(=C/C)C(N)N(C)N=N. The maximum absolute atomic E-state index is 6.76. The molecule has 0 aromatic carbocycles. The number of nitrogens with zero attached hydrogens (tertiary/aromatic N) is 2. The fraction of sp³-hybridized carbons (Fsp3) is 0.500. The summed E-state index contributed by atoms with van der Waals surface area (Å²) in [6.07, 6.45) is 5.40. The van der Waals surface area contributed by atoms with Crippen LogP contribution in [-0.2, 0) is 0 Å². The van der Waals surface area contributed by atoms with Gasteiger partial charge in [0, 0.05) is 7.05 Å². The fourth-order valence-corrected chi connectivity index (χ4v) is 0.836. The van der Waals surface area contributed by atoms with E-state index in [-0.39, 0.29) is 6.17 Å². The molecule has 0 aromatic rings. The van der Waals surface area contributed by atoms with Gasteiger partial charge in [0.25, 0.3) is 0 Å². The van der Waals surface area contributed by atoms with Crippen molar-refractivity contribution in [3.05, 3.63) is 23.8 Å². The van der Waals surface area contributed by atoms with Crippen molar-refractivity contribution in [1.29, 1.82) is 5.53 Å². The molecule has 4 nitrogen and oxygen atoms in total. The van der Waals surface area contributed by atoms with Gasteiger partial charge in [-0.25, -0.2) is 0 Å². The van der Waals surface area contributed by atoms with E-state index in [1.807, 2.05) is 32.1 Å². The third kappa shape index (κ3) is 2.84. The lowest BCUT2D eigenvalue weighted by atomic mass is 10.2. The molecule has 0 amide bonds. The molecule has 0 heterocycles. The Morgan fingerprint density at radius 1 is 1.58 bits per heavy atom. The Labute approximate surface area is 73.2 Å². The van der Waals surface area contributed by atoms with Gasteiger partial charge in [-0.3, -0.25) is 5.01 Å². The van der Waals surface area contributed by atoms with Gasteiger partial charge in [-0.2, -0.15) is 5.53 Å². The number of hydrogen-bond donors (Lipinski definition) is 2. The van der Waals surface area contributed by atoms with Gasteiger partial charge in [0.2, 0.25) is 0 Å². The summed E-state index contributed by atoms with van der Waals surface area (Å²) < 4.78 is 0.